The van der Waals surface area contributed by atoms with Crippen LogP contribution in [0.4, 0.5) is 9.59 Å². The van der Waals surface area contributed by atoms with E-state index in [0.717, 1.165) is 44.6 Å². The predicted octanol–water partition coefficient (Wildman–Crippen LogP) is 5.18. The van der Waals surface area contributed by atoms with E-state index < -0.39 is 36.0 Å². The summed E-state index contributed by atoms with van der Waals surface area (Å²) >= 11 is 0. The monoisotopic (exact) mass is 686 g/mol. The highest BCUT2D eigenvalue weighted by Crippen LogP contribution is 2.28. The maximum atomic E-state index is 13.4. The number of rotatable bonds is 7. The Labute approximate surface area is 293 Å². The molecule has 11 heteroatoms. The minimum absolute atomic E-state index is 0.0251. The SMILES string of the molecule is C/C(=C\C=C\[C@@H](C)CNC(=O)N1CCCC1)[C@H]1OC(=O)C[C@H](O)CC[C@@](C)(O)[C@@H](OC(=O)N2CCN(C3CCCCCC3)CC2)/C=C\[C@@H]1C. The average Bonchev–Trinajstić information content (AvgIpc) is 3.49. The topological polar surface area (TPSA) is 132 Å². The van der Waals surface area contributed by atoms with Crippen LogP contribution in [0.5, 0.6) is 0 Å². The van der Waals surface area contributed by atoms with E-state index in [0.29, 0.717) is 25.7 Å². The number of carbonyl (C=O) groups excluding carboxylic acids is 3. The third kappa shape index (κ3) is 12.1. The molecular formula is C38H62N4O7. The zero-order valence-corrected chi connectivity index (χ0v) is 30.4. The Hall–Kier alpha value is -2.89. The summed E-state index contributed by atoms with van der Waals surface area (Å²) in [6.07, 6.45) is 16.1. The first kappa shape index (κ1) is 38.9. The normalized spacial score (nSPS) is 31.7. The number of aliphatic hydroxyl groups is 2. The van der Waals surface area contributed by atoms with Crippen molar-refractivity contribution in [2.24, 2.45) is 11.8 Å². The summed E-state index contributed by atoms with van der Waals surface area (Å²) < 4.78 is 11.9. The standard InChI is InChI=1S/C38H62N4O7/c1-28(27-39-36(45)41-20-9-10-21-41)12-11-13-29(2)35-30(3)16-17-33(38(4,47)19-18-32(43)26-34(44)49-35)48-37(46)42-24-22-40(23-25-42)31-14-7-5-6-8-15-31/h11-13,16-17,28,30-33,35,43,47H,5-10,14-15,18-27H2,1-4H3,(H,39,45)/b12-11+,17-16-,29-13+/t28-,30+,32-,33+,35-,38-/m1/s1. The number of nitrogens with one attached hydrogen (secondary N) is 1. The Morgan fingerprint density at radius 2 is 1.69 bits per heavy atom. The number of urea groups is 1. The summed E-state index contributed by atoms with van der Waals surface area (Å²) in [5.41, 5.74) is -0.657. The molecule has 4 rings (SSSR count). The van der Waals surface area contributed by atoms with Crippen molar-refractivity contribution < 1.29 is 34.1 Å². The highest BCUT2D eigenvalue weighted by Gasteiger charge is 2.37. The Morgan fingerprint density at radius 1 is 1.02 bits per heavy atom. The number of likely N-dealkylation sites (tertiary alicyclic amines) is 1. The number of carbonyl (C=O) groups is 3. The van der Waals surface area contributed by atoms with Gasteiger partial charge in [-0.15, -0.1) is 0 Å². The van der Waals surface area contributed by atoms with Gasteiger partial charge in [0.05, 0.1) is 12.5 Å². The molecule has 3 aliphatic heterocycles. The van der Waals surface area contributed by atoms with Crippen LogP contribution in [-0.4, -0.2) is 119 Å². The van der Waals surface area contributed by atoms with Crippen molar-refractivity contribution in [3.05, 3.63) is 36.0 Å². The minimum Gasteiger partial charge on any atom is -0.457 e. The maximum Gasteiger partial charge on any atom is 0.410 e. The van der Waals surface area contributed by atoms with E-state index in [1.807, 2.05) is 50.0 Å². The lowest BCUT2D eigenvalue weighted by atomic mass is 9.89. The third-order valence-corrected chi connectivity index (χ3v) is 10.7. The molecule has 2 saturated heterocycles. The van der Waals surface area contributed by atoms with Gasteiger partial charge in [0.25, 0.3) is 0 Å². The minimum atomic E-state index is -1.46. The molecule has 0 aromatic heterocycles. The summed E-state index contributed by atoms with van der Waals surface area (Å²) in [5.74, 6) is -0.736. The van der Waals surface area contributed by atoms with Crippen molar-refractivity contribution in [2.45, 2.75) is 128 Å². The fourth-order valence-corrected chi connectivity index (χ4v) is 7.37. The van der Waals surface area contributed by atoms with Gasteiger partial charge in [0.1, 0.15) is 11.7 Å². The molecule has 1 saturated carbocycles. The van der Waals surface area contributed by atoms with Gasteiger partial charge in [-0.25, -0.2) is 9.59 Å². The molecule has 276 valence electrons. The number of ether oxygens (including phenoxy) is 2. The van der Waals surface area contributed by atoms with E-state index in [9.17, 15) is 24.6 Å². The van der Waals surface area contributed by atoms with Gasteiger partial charge in [-0.1, -0.05) is 63.8 Å². The molecule has 0 spiro atoms. The van der Waals surface area contributed by atoms with E-state index in [-0.39, 0.29) is 37.1 Å². The summed E-state index contributed by atoms with van der Waals surface area (Å²) in [5, 5.41) is 25.2. The Balaban J connectivity index is 1.40. The summed E-state index contributed by atoms with van der Waals surface area (Å²) in [7, 11) is 0. The molecule has 3 heterocycles. The molecule has 0 bridgehead atoms. The highest BCUT2D eigenvalue weighted by molar-refractivity contribution is 5.74. The van der Waals surface area contributed by atoms with Crippen molar-refractivity contribution in [3.8, 4) is 0 Å². The number of hydrogen-bond donors (Lipinski definition) is 3. The van der Waals surface area contributed by atoms with Gasteiger partial charge in [0, 0.05) is 57.8 Å². The lowest BCUT2D eigenvalue weighted by molar-refractivity contribution is -0.151. The number of aliphatic hydroxyl groups excluding tert-OH is 1. The quantitative estimate of drug-likeness (QED) is 0.145. The fourth-order valence-electron chi connectivity index (χ4n) is 7.37. The average molecular weight is 687 g/mol. The number of esters is 1. The number of nitrogens with zero attached hydrogens (tertiary/aromatic N) is 3. The predicted molar refractivity (Wildman–Crippen MR) is 190 cm³/mol. The number of hydrogen-bond acceptors (Lipinski definition) is 8. The number of cyclic esters (lactones) is 1. The van der Waals surface area contributed by atoms with E-state index in [4.69, 9.17) is 9.47 Å². The lowest BCUT2D eigenvalue weighted by Gasteiger charge is -2.40. The van der Waals surface area contributed by atoms with Gasteiger partial charge < -0.3 is 34.8 Å². The van der Waals surface area contributed by atoms with Crippen LogP contribution in [0.3, 0.4) is 0 Å². The van der Waals surface area contributed by atoms with Crippen molar-refractivity contribution in [1.82, 2.24) is 20.0 Å². The van der Waals surface area contributed by atoms with Crippen LogP contribution in [0.2, 0.25) is 0 Å². The van der Waals surface area contributed by atoms with E-state index in [1.165, 1.54) is 38.5 Å². The summed E-state index contributed by atoms with van der Waals surface area (Å²) in [6, 6.07) is 0.567. The van der Waals surface area contributed by atoms with Crippen molar-refractivity contribution >= 4 is 18.1 Å². The number of amides is 3. The van der Waals surface area contributed by atoms with Gasteiger partial charge >= 0.3 is 18.1 Å². The molecule has 6 atom stereocenters. The smallest absolute Gasteiger partial charge is 0.410 e. The number of allylic oxidation sites excluding steroid dienone is 2. The molecule has 0 radical (unpaired) electrons. The first-order valence-corrected chi connectivity index (χ1v) is 18.8. The molecule has 0 aromatic carbocycles. The Morgan fingerprint density at radius 3 is 2.37 bits per heavy atom. The van der Waals surface area contributed by atoms with Crippen LogP contribution < -0.4 is 5.32 Å². The second kappa shape index (κ2) is 18.9. The molecule has 0 aromatic rings. The molecule has 0 unspecified atom stereocenters. The fraction of sp³-hybridized carbons (Fsp3) is 0.763. The molecule has 1 aliphatic carbocycles. The van der Waals surface area contributed by atoms with Crippen LogP contribution in [0.15, 0.2) is 36.0 Å². The first-order chi connectivity index (χ1) is 23.4. The zero-order valence-electron chi connectivity index (χ0n) is 30.4. The molecule has 4 aliphatic rings. The lowest BCUT2D eigenvalue weighted by Crippen LogP contribution is -2.53. The van der Waals surface area contributed by atoms with E-state index in [2.05, 4.69) is 10.2 Å². The van der Waals surface area contributed by atoms with Gasteiger partial charge in [0.2, 0.25) is 0 Å². The molecule has 3 amide bonds. The highest BCUT2D eigenvalue weighted by atomic mass is 16.6. The van der Waals surface area contributed by atoms with Crippen molar-refractivity contribution in [2.75, 3.05) is 45.8 Å². The van der Waals surface area contributed by atoms with E-state index in [1.54, 1.807) is 17.9 Å². The Bertz CT molecular complexity index is 1160. The molecule has 3 N–H and O–H groups in total. The molecule has 3 fully saturated rings. The molecule has 11 nitrogen and oxygen atoms in total. The van der Waals surface area contributed by atoms with Crippen LogP contribution in [0, 0.1) is 11.8 Å². The maximum absolute atomic E-state index is 13.4. The second-order valence-corrected chi connectivity index (χ2v) is 15.0. The molecular weight excluding hydrogens is 624 g/mol. The van der Waals surface area contributed by atoms with Crippen molar-refractivity contribution in [1.29, 1.82) is 0 Å². The third-order valence-electron chi connectivity index (χ3n) is 10.7. The second-order valence-electron chi connectivity index (χ2n) is 15.0. The molecule has 49 heavy (non-hydrogen) atoms. The van der Waals surface area contributed by atoms with Crippen LogP contribution in [0.1, 0.15) is 98.3 Å². The number of piperazine rings is 1. The van der Waals surface area contributed by atoms with Gasteiger partial charge in [-0.3, -0.25) is 9.69 Å². The van der Waals surface area contributed by atoms with Crippen LogP contribution in [-0.2, 0) is 14.3 Å². The zero-order chi connectivity index (χ0) is 35.4. The Kier molecular flexibility index (Phi) is 15.0. The van der Waals surface area contributed by atoms with Crippen molar-refractivity contribution in [3.63, 3.8) is 0 Å². The van der Waals surface area contributed by atoms with Gasteiger partial charge in [-0.2, -0.15) is 0 Å². The van der Waals surface area contributed by atoms with Gasteiger partial charge in [-0.05, 0) is 69.9 Å². The van der Waals surface area contributed by atoms with Gasteiger partial charge in [0.15, 0.2) is 6.10 Å². The summed E-state index contributed by atoms with van der Waals surface area (Å²) in [6.45, 7) is 12.4. The largest absolute Gasteiger partial charge is 0.457 e. The van der Waals surface area contributed by atoms with Crippen LogP contribution in [0.25, 0.3) is 0 Å². The summed E-state index contributed by atoms with van der Waals surface area (Å²) in [4.78, 5) is 44.7. The van der Waals surface area contributed by atoms with Crippen LogP contribution >= 0.6 is 0 Å². The van der Waals surface area contributed by atoms with E-state index >= 15 is 0 Å². The first-order valence-electron chi connectivity index (χ1n) is 18.8.